The third-order valence-electron chi connectivity index (χ3n) is 3.30. The number of aryl methyl sites for hydroxylation is 1. The van der Waals surface area contributed by atoms with Gasteiger partial charge in [-0.05, 0) is 31.9 Å². The van der Waals surface area contributed by atoms with E-state index in [-0.39, 0.29) is 0 Å². The van der Waals surface area contributed by atoms with Crippen LogP contribution in [0.5, 0.6) is 0 Å². The molecule has 4 nitrogen and oxygen atoms in total. The van der Waals surface area contributed by atoms with E-state index in [4.69, 9.17) is 0 Å². The minimum absolute atomic E-state index is 0.553. The van der Waals surface area contributed by atoms with Crippen molar-refractivity contribution in [1.29, 1.82) is 0 Å². The second-order valence-electron chi connectivity index (χ2n) is 4.69. The molecule has 0 bridgehead atoms. The van der Waals surface area contributed by atoms with Gasteiger partial charge in [0, 0.05) is 31.5 Å². The molecule has 1 aromatic heterocycles. The topological polar surface area (TPSA) is 41.1 Å². The SMILES string of the molecule is CCCc1cnc(N2CCCC2CNC)nc1. The quantitative estimate of drug-likeness (QED) is 0.840. The summed E-state index contributed by atoms with van der Waals surface area (Å²) in [4.78, 5) is 11.3. The number of nitrogens with zero attached hydrogens (tertiary/aromatic N) is 3. The molecule has 0 saturated carbocycles. The molecule has 1 unspecified atom stereocenters. The van der Waals surface area contributed by atoms with E-state index in [9.17, 15) is 0 Å². The normalized spacial score (nSPS) is 19.9. The predicted molar refractivity (Wildman–Crippen MR) is 70.3 cm³/mol. The van der Waals surface area contributed by atoms with Gasteiger partial charge in [-0.1, -0.05) is 13.3 Å². The monoisotopic (exact) mass is 234 g/mol. The van der Waals surface area contributed by atoms with Crippen molar-refractivity contribution >= 4 is 5.95 Å². The Labute approximate surface area is 103 Å². The molecule has 0 spiro atoms. The van der Waals surface area contributed by atoms with E-state index >= 15 is 0 Å². The number of rotatable bonds is 5. The molecule has 0 aliphatic carbocycles. The fourth-order valence-corrected chi connectivity index (χ4v) is 2.46. The van der Waals surface area contributed by atoms with E-state index in [0.717, 1.165) is 31.9 Å². The Balaban J connectivity index is 2.05. The minimum atomic E-state index is 0.553. The van der Waals surface area contributed by atoms with Gasteiger partial charge in [0.1, 0.15) is 0 Å². The zero-order chi connectivity index (χ0) is 12.1. The molecular formula is C13H22N4. The van der Waals surface area contributed by atoms with E-state index in [0.29, 0.717) is 6.04 Å². The average molecular weight is 234 g/mol. The van der Waals surface area contributed by atoms with E-state index in [2.05, 4.69) is 27.1 Å². The third-order valence-corrected chi connectivity index (χ3v) is 3.30. The summed E-state index contributed by atoms with van der Waals surface area (Å²) in [6.45, 7) is 4.27. The fourth-order valence-electron chi connectivity index (χ4n) is 2.46. The molecule has 1 fully saturated rings. The van der Waals surface area contributed by atoms with Crippen molar-refractivity contribution in [3.05, 3.63) is 18.0 Å². The largest absolute Gasteiger partial charge is 0.337 e. The molecule has 1 aliphatic rings. The van der Waals surface area contributed by atoms with Gasteiger partial charge in [0.15, 0.2) is 0 Å². The smallest absolute Gasteiger partial charge is 0.225 e. The molecule has 2 heterocycles. The predicted octanol–water partition coefficient (Wildman–Crippen LogP) is 1.62. The van der Waals surface area contributed by atoms with Crippen LogP contribution in [0.3, 0.4) is 0 Å². The molecule has 1 aromatic rings. The summed E-state index contributed by atoms with van der Waals surface area (Å²) in [7, 11) is 2.00. The maximum Gasteiger partial charge on any atom is 0.225 e. The van der Waals surface area contributed by atoms with E-state index in [1.807, 2.05) is 19.4 Å². The van der Waals surface area contributed by atoms with Gasteiger partial charge in [0.2, 0.25) is 5.95 Å². The summed E-state index contributed by atoms with van der Waals surface area (Å²) >= 11 is 0. The number of aromatic nitrogens is 2. The van der Waals surface area contributed by atoms with Crippen LogP contribution in [0.2, 0.25) is 0 Å². The first kappa shape index (κ1) is 12.3. The summed E-state index contributed by atoms with van der Waals surface area (Å²) in [5, 5.41) is 3.24. The number of likely N-dealkylation sites (N-methyl/N-ethyl adjacent to an activating group) is 1. The zero-order valence-corrected chi connectivity index (χ0v) is 10.8. The van der Waals surface area contributed by atoms with Gasteiger partial charge in [-0.3, -0.25) is 0 Å². The van der Waals surface area contributed by atoms with Crippen LogP contribution in [-0.4, -0.2) is 36.1 Å². The molecule has 1 atom stereocenters. The molecule has 0 amide bonds. The first-order valence-electron chi connectivity index (χ1n) is 6.57. The fraction of sp³-hybridized carbons (Fsp3) is 0.692. The Hall–Kier alpha value is -1.16. The van der Waals surface area contributed by atoms with Crippen LogP contribution in [0.25, 0.3) is 0 Å². The van der Waals surface area contributed by atoms with Gasteiger partial charge in [-0.2, -0.15) is 0 Å². The van der Waals surface area contributed by atoms with Gasteiger partial charge >= 0.3 is 0 Å². The van der Waals surface area contributed by atoms with Crippen LogP contribution in [0.15, 0.2) is 12.4 Å². The Kier molecular flexibility index (Phi) is 4.31. The number of hydrogen-bond donors (Lipinski definition) is 1. The highest BCUT2D eigenvalue weighted by atomic mass is 15.3. The first-order valence-corrected chi connectivity index (χ1v) is 6.57. The highest BCUT2D eigenvalue weighted by Gasteiger charge is 2.25. The van der Waals surface area contributed by atoms with Gasteiger partial charge in [0.25, 0.3) is 0 Å². The van der Waals surface area contributed by atoms with Crippen LogP contribution in [0.4, 0.5) is 5.95 Å². The lowest BCUT2D eigenvalue weighted by Crippen LogP contribution is -2.37. The summed E-state index contributed by atoms with van der Waals surface area (Å²) < 4.78 is 0. The van der Waals surface area contributed by atoms with Crippen LogP contribution in [-0.2, 0) is 6.42 Å². The Morgan fingerprint density at radius 2 is 2.18 bits per heavy atom. The average Bonchev–Trinajstić information content (AvgIpc) is 2.79. The van der Waals surface area contributed by atoms with Gasteiger partial charge < -0.3 is 10.2 Å². The Morgan fingerprint density at radius 1 is 1.41 bits per heavy atom. The summed E-state index contributed by atoms with van der Waals surface area (Å²) in [5.41, 5.74) is 1.24. The minimum Gasteiger partial charge on any atom is -0.337 e. The summed E-state index contributed by atoms with van der Waals surface area (Å²) in [6, 6.07) is 0.553. The molecule has 0 radical (unpaired) electrons. The Morgan fingerprint density at radius 3 is 2.82 bits per heavy atom. The number of hydrogen-bond acceptors (Lipinski definition) is 4. The number of nitrogens with one attached hydrogen (secondary N) is 1. The van der Waals surface area contributed by atoms with E-state index in [1.165, 1.54) is 18.4 Å². The van der Waals surface area contributed by atoms with Crippen molar-refractivity contribution < 1.29 is 0 Å². The molecular weight excluding hydrogens is 212 g/mol. The van der Waals surface area contributed by atoms with Crippen molar-refractivity contribution in [2.45, 2.75) is 38.6 Å². The highest BCUT2D eigenvalue weighted by molar-refractivity contribution is 5.33. The maximum atomic E-state index is 4.50. The van der Waals surface area contributed by atoms with Gasteiger partial charge in [-0.15, -0.1) is 0 Å². The highest BCUT2D eigenvalue weighted by Crippen LogP contribution is 2.21. The molecule has 2 rings (SSSR count). The van der Waals surface area contributed by atoms with Crippen molar-refractivity contribution in [2.75, 3.05) is 25.0 Å². The van der Waals surface area contributed by atoms with Crippen LogP contribution in [0.1, 0.15) is 31.7 Å². The molecule has 17 heavy (non-hydrogen) atoms. The van der Waals surface area contributed by atoms with Crippen molar-refractivity contribution in [2.24, 2.45) is 0 Å². The third kappa shape index (κ3) is 2.94. The van der Waals surface area contributed by atoms with Crippen molar-refractivity contribution in [1.82, 2.24) is 15.3 Å². The molecule has 0 aromatic carbocycles. The lowest BCUT2D eigenvalue weighted by atomic mass is 10.2. The lowest BCUT2D eigenvalue weighted by Gasteiger charge is -2.24. The van der Waals surface area contributed by atoms with Gasteiger partial charge in [0.05, 0.1) is 0 Å². The number of anilines is 1. The standard InChI is InChI=1S/C13H22N4/c1-3-5-11-8-15-13(16-9-11)17-7-4-6-12(17)10-14-2/h8-9,12,14H,3-7,10H2,1-2H3. The maximum absolute atomic E-state index is 4.50. The molecule has 1 aliphatic heterocycles. The van der Waals surface area contributed by atoms with E-state index in [1.54, 1.807) is 0 Å². The van der Waals surface area contributed by atoms with Crippen molar-refractivity contribution in [3.63, 3.8) is 0 Å². The molecule has 1 N–H and O–H groups in total. The molecule has 1 saturated heterocycles. The van der Waals surface area contributed by atoms with Crippen LogP contribution >= 0.6 is 0 Å². The second kappa shape index (κ2) is 5.96. The lowest BCUT2D eigenvalue weighted by molar-refractivity contribution is 0.607. The second-order valence-corrected chi connectivity index (χ2v) is 4.69. The Bertz CT molecular complexity index is 336. The van der Waals surface area contributed by atoms with Gasteiger partial charge in [-0.25, -0.2) is 9.97 Å². The van der Waals surface area contributed by atoms with Crippen LogP contribution < -0.4 is 10.2 Å². The summed E-state index contributed by atoms with van der Waals surface area (Å²) in [6.07, 6.45) is 8.64. The molecule has 4 heteroatoms. The summed E-state index contributed by atoms with van der Waals surface area (Å²) in [5.74, 6) is 0.891. The molecule has 94 valence electrons. The van der Waals surface area contributed by atoms with E-state index < -0.39 is 0 Å². The van der Waals surface area contributed by atoms with Crippen molar-refractivity contribution in [3.8, 4) is 0 Å². The zero-order valence-electron chi connectivity index (χ0n) is 10.8. The first-order chi connectivity index (χ1) is 8.35. The van der Waals surface area contributed by atoms with Crippen LogP contribution in [0, 0.1) is 0 Å².